The Bertz CT molecular complexity index is 984. The van der Waals surface area contributed by atoms with E-state index in [0.29, 0.717) is 0 Å². The third kappa shape index (κ3) is 6.00. The number of rotatable bonds is 6. The molecule has 0 heterocycles. The van der Waals surface area contributed by atoms with Crippen molar-refractivity contribution in [1.82, 2.24) is 5.32 Å². The molecule has 0 aliphatic carbocycles. The molecule has 8 heteroatoms. The number of benzene rings is 2. The van der Waals surface area contributed by atoms with Gasteiger partial charge in [-0.2, -0.15) is 0 Å². The van der Waals surface area contributed by atoms with Crippen LogP contribution < -0.4 is 9.62 Å². The summed E-state index contributed by atoms with van der Waals surface area (Å²) in [4.78, 5) is 12.5. The van der Waals surface area contributed by atoms with Crippen molar-refractivity contribution in [2.24, 2.45) is 0 Å². The molecule has 5 nitrogen and oxygen atoms in total. The highest BCUT2D eigenvalue weighted by Gasteiger charge is 2.23. The fourth-order valence-corrected chi connectivity index (χ4v) is 3.66. The van der Waals surface area contributed by atoms with Crippen molar-refractivity contribution in [3.8, 4) is 0 Å². The van der Waals surface area contributed by atoms with Gasteiger partial charge in [-0.05, 0) is 35.6 Å². The Morgan fingerprint density at radius 2 is 1.66 bits per heavy atom. The molecule has 1 N–H and O–H groups in total. The zero-order valence-electron chi connectivity index (χ0n) is 17.2. The standard InChI is InChI=1S/C21H26F2N2O3S/c1-14(15-6-8-16(9-7-15)21(2,3)4)24-20(26)13-25(29(5,27)28)17-10-11-18(22)19(23)12-17/h6-12,14H,13H2,1-5H3,(H,24,26). The summed E-state index contributed by atoms with van der Waals surface area (Å²) in [5.41, 5.74) is 1.90. The molecule has 0 radical (unpaired) electrons. The van der Waals surface area contributed by atoms with Crippen molar-refractivity contribution in [2.75, 3.05) is 17.1 Å². The Morgan fingerprint density at radius 3 is 2.14 bits per heavy atom. The number of nitrogens with zero attached hydrogens (tertiary/aromatic N) is 1. The van der Waals surface area contributed by atoms with Gasteiger partial charge in [0.2, 0.25) is 15.9 Å². The molecule has 2 aromatic rings. The Labute approximate surface area is 170 Å². The molecule has 2 aromatic carbocycles. The highest BCUT2D eigenvalue weighted by Crippen LogP contribution is 2.24. The van der Waals surface area contributed by atoms with Gasteiger partial charge in [0.25, 0.3) is 0 Å². The number of amides is 1. The van der Waals surface area contributed by atoms with E-state index in [-0.39, 0.29) is 17.1 Å². The smallest absolute Gasteiger partial charge is 0.241 e. The second-order valence-corrected chi connectivity index (χ2v) is 9.94. The lowest BCUT2D eigenvalue weighted by molar-refractivity contribution is -0.120. The predicted octanol–water partition coefficient (Wildman–Crippen LogP) is 3.91. The fourth-order valence-electron chi connectivity index (χ4n) is 2.81. The lowest BCUT2D eigenvalue weighted by Crippen LogP contribution is -2.41. The molecular weight excluding hydrogens is 398 g/mol. The van der Waals surface area contributed by atoms with Crippen molar-refractivity contribution >= 4 is 21.6 Å². The number of hydrogen-bond acceptors (Lipinski definition) is 3. The Morgan fingerprint density at radius 1 is 1.07 bits per heavy atom. The van der Waals surface area contributed by atoms with Gasteiger partial charge in [-0.1, -0.05) is 45.0 Å². The number of halogens is 2. The summed E-state index contributed by atoms with van der Waals surface area (Å²) >= 11 is 0. The number of carbonyl (C=O) groups excluding carboxylic acids is 1. The van der Waals surface area contributed by atoms with E-state index >= 15 is 0 Å². The maximum Gasteiger partial charge on any atom is 0.241 e. The highest BCUT2D eigenvalue weighted by molar-refractivity contribution is 7.92. The first-order valence-corrected chi connectivity index (χ1v) is 11.0. The van der Waals surface area contributed by atoms with Crippen LogP contribution in [0.2, 0.25) is 0 Å². The van der Waals surface area contributed by atoms with Gasteiger partial charge in [0, 0.05) is 6.07 Å². The lowest BCUT2D eigenvalue weighted by Gasteiger charge is -2.24. The van der Waals surface area contributed by atoms with Crippen LogP contribution in [-0.4, -0.2) is 27.1 Å². The molecule has 0 saturated carbocycles. The number of nitrogens with one attached hydrogen (secondary N) is 1. The molecule has 158 valence electrons. The number of sulfonamides is 1. The first-order chi connectivity index (χ1) is 13.3. The summed E-state index contributed by atoms with van der Waals surface area (Å²) in [6.45, 7) is 7.54. The molecule has 0 aromatic heterocycles. The van der Waals surface area contributed by atoms with Crippen LogP contribution in [-0.2, 0) is 20.2 Å². The average molecular weight is 425 g/mol. The summed E-state index contributed by atoms with van der Waals surface area (Å²) in [5.74, 6) is -2.85. The summed E-state index contributed by atoms with van der Waals surface area (Å²) in [7, 11) is -3.88. The maximum absolute atomic E-state index is 13.5. The zero-order valence-corrected chi connectivity index (χ0v) is 18.0. The first-order valence-electron chi connectivity index (χ1n) is 9.11. The van der Waals surface area contributed by atoms with Crippen molar-refractivity contribution < 1.29 is 22.0 Å². The molecule has 0 saturated heterocycles. The third-order valence-corrected chi connectivity index (χ3v) is 5.67. The number of anilines is 1. The molecule has 0 bridgehead atoms. The Balaban J connectivity index is 2.14. The summed E-state index contributed by atoms with van der Waals surface area (Å²) in [5, 5.41) is 2.74. The van der Waals surface area contributed by atoms with Gasteiger partial charge in [0.05, 0.1) is 18.0 Å². The highest BCUT2D eigenvalue weighted by atomic mass is 32.2. The lowest BCUT2D eigenvalue weighted by atomic mass is 9.86. The van der Waals surface area contributed by atoms with Gasteiger partial charge < -0.3 is 5.32 Å². The van der Waals surface area contributed by atoms with Crippen LogP contribution >= 0.6 is 0 Å². The van der Waals surface area contributed by atoms with Crippen molar-refractivity contribution in [3.63, 3.8) is 0 Å². The Hall–Kier alpha value is -2.48. The van der Waals surface area contributed by atoms with Gasteiger partial charge in [0.1, 0.15) is 6.54 Å². The normalized spacial score (nSPS) is 13.1. The molecule has 2 rings (SSSR count). The summed E-state index contributed by atoms with van der Waals surface area (Å²) in [6.07, 6.45) is 0.899. The van der Waals surface area contributed by atoms with Gasteiger partial charge >= 0.3 is 0 Å². The molecule has 0 spiro atoms. The molecular formula is C21H26F2N2O3S. The minimum Gasteiger partial charge on any atom is -0.348 e. The third-order valence-electron chi connectivity index (χ3n) is 4.53. The van der Waals surface area contributed by atoms with E-state index in [2.05, 4.69) is 26.1 Å². The van der Waals surface area contributed by atoms with Crippen molar-refractivity contribution in [2.45, 2.75) is 39.2 Å². The monoisotopic (exact) mass is 424 g/mol. The molecule has 0 fully saturated rings. The minimum absolute atomic E-state index is 0.00539. The molecule has 1 unspecified atom stereocenters. The average Bonchev–Trinajstić information content (AvgIpc) is 2.60. The van der Waals surface area contributed by atoms with Gasteiger partial charge in [-0.3, -0.25) is 9.10 Å². The maximum atomic E-state index is 13.5. The SMILES string of the molecule is CC(NC(=O)CN(c1ccc(F)c(F)c1)S(C)(=O)=O)c1ccc(C(C)(C)C)cc1. The van der Waals surface area contributed by atoms with Crippen LogP contribution in [0.25, 0.3) is 0 Å². The minimum atomic E-state index is -3.88. The van der Waals surface area contributed by atoms with E-state index in [9.17, 15) is 22.0 Å². The molecule has 0 aliphatic heterocycles. The van der Waals surface area contributed by atoms with Crippen LogP contribution in [0.15, 0.2) is 42.5 Å². The fraction of sp³-hybridized carbons (Fsp3) is 0.381. The van der Waals surface area contributed by atoms with E-state index in [1.165, 1.54) is 0 Å². The molecule has 29 heavy (non-hydrogen) atoms. The van der Waals surface area contributed by atoms with E-state index < -0.39 is 34.1 Å². The topological polar surface area (TPSA) is 66.5 Å². The first kappa shape index (κ1) is 22.8. The van der Waals surface area contributed by atoms with Crippen LogP contribution in [0, 0.1) is 11.6 Å². The molecule has 1 amide bonds. The van der Waals surface area contributed by atoms with Crippen LogP contribution in [0.3, 0.4) is 0 Å². The van der Waals surface area contributed by atoms with Crippen LogP contribution in [0.4, 0.5) is 14.5 Å². The summed E-state index contributed by atoms with van der Waals surface area (Å²) in [6, 6.07) is 10.1. The van der Waals surface area contributed by atoms with Gasteiger partial charge in [-0.25, -0.2) is 17.2 Å². The number of hydrogen-bond donors (Lipinski definition) is 1. The number of carbonyl (C=O) groups is 1. The molecule has 1 atom stereocenters. The van der Waals surface area contributed by atoms with Gasteiger partial charge in [0.15, 0.2) is 11.6 Å². The predicted molar refractivity (Wildman–Crippen MR) is 110 cm³/mol. The van der Waals surface area contributed by atoms with Crippen LogP contribution in [0.1, 0.15) is 44.9 Å². The van der Waals surface area contributed by atoms with E-state index in [4.69, 9.17) is 0 Å². The second kappa shape index (κ2) is 8.49. The van der Waals surface area contributed by atoms with E-state index in [1.807, 2.05) is 24.3 Å². The van der Waals surface area contributed by atoms with Crippen molar-refractivity contribution in [3.05, 3.63) is 65.2 Å². The molecule has 0 aliphatic rings. The van der Waals surface area contributed by atoms with Crippen LogP contribution in [0.5, 0.6) is 0 Å². The van der Waals surface area contributed by atoms with Crippen molar-refractivity contribution in [1.29, 1.82) is 0 Å². The second-order valence-electron chi connectivity index (χ2n) is 8.03. The van der Waals surface area contributed by atoms with Gasteiger partial charge in [-0.15, -0.1) is 0 Å². The summed E-state index contributed by atoms with van der Waals surface area (Å²) < 4.78 is 51.6. The Kier molecular flexibility index (Phi) is 6.67. The van der Waals surface area contributed by atoms with E-state index in [1.54, 1.807) is 6.92 Å². The van der Waals surface area contributed by atoms with E-state index in [0.717, 1.165) is 39.9 Å². The quantitative estimate of drug-likeness (QED) is 0.765. The zero-order chi connectivity index (χ0) is 22.0. The largest absolute Gasteiger partial charge is 0.348 e.